The molecule has 1 aliphatic heterocycles. The van der Waals surface area contributed by atoms with Crippen LogP contribution in [0.4, 0.5) is 0 Å². The lowest BCUT2D eigenvalue weighted by Crippen LogP contribution is -2.55. The summed E-state index contributed by atoms with van der Waals surface area (Å²) in [5.74, 6) is 0.283. The topological polar surface area (TPSA) is 99.4 Å². The second-order valence-electron chi connectivity index (χ2n) is 8.18. The zero-order chi connectivity index (χ0) is 22.5. The van der Waals surface area contributed by atoms with Gasteiger partial charge in [0.25, 0.3) is 0 Å². The second-order valence-corrected chi connectivity index (χ2v) is 8.58. The first-order chi connectivity index (χ1) is 14.7. The zero-order valence-electron chi connectivity index (χ0n) is 17.0. The minimum atomic E-state index is -1.53. The third kappa shape index (κ3) is 3.80. The van der Waals surface area contributed by atoms with Crippen molar-refractivity contribution in [2.24, 2.45) is 0 Å². The van der Waals surface area contributed by atoms with Crippen molar-refractivity contribution in [3.8, 4) is 5.75 Å². The number of aryl methyl sites for hydroxylation is 2. The summed E-state index contributed by atoms with van der Waals surface area (Å²) in [7, 11) is 14.5. The lowest BCUT2D eigenvalue weighted by molar-refractivity contribution is -0.232. The molecule has 0 bridgehead atoms. The quantitative estimate of drug-likeness (QED) is 0.506. The smallest absolute Gasteiger partial charge is 0.126 e. The molecule has 0 saturated carbocycles. The van der Waals surface area contributed by atoms with Crippen molar-refractivity contribution in [1.82, 2.24) is 0 Å². The predicted octanol–water partition coefficient (Wildman–Crippen LogP) is 0.500. The van der Waals surface area contributed by atoms with E-state index in [9.17, 15) is 20.4 Å². The van der Waals surface area contributed by atoms with Crippen LogP contribution in [0.2, 0.25) is 5.02 Å². The van der Waals surface area contributed by atoms with E-state index in [4.69, 9.17) is 36.8 Å². The first-order valence-electron chi connectivity index (χ1n) is 10.1. The molecule has 31 heavy (non-hydrogen) atoms. The van der Waals surface area contributed by atoms with Gasteiger partial charge in [0.05, 0.1) is 29.4 Å². The predicted molar refractivity (Wildman–Crippen MR) is 117 cm³/mol. The monoisotopic (exact) mass is 440 g/mol. The molecule has 9 heteroatoms. The van der Waals surface area contributed by atoms with Gasteiger partial charge in [0.15, 0.2) is 0 Å². The molecule has 6 nitrogen and oxygen atoms in total. The summed E-state index contributed by atoms with van der Waals surface area (Å²) >= 11 is 6.51. The minimum Gasteiger partial charge on any atom is -0.496 e. The van der Waals surface area contributed by atoms with Crippen molar-refractivity contribution >= 4 is 27.3 Å². The van der Waals surface area contributed by atoms with Crippen LogP contribution in [0.5, 0.6) is 5.75 Å². The van der Waals surface area contributed by atoms with Crippen LogP contribution in [0.15, 0.2) is 30.3 Å². The summed E-state index contributed by atoms with van der Waals surface area (Å²) < 4.78 is 11.1. The Kier molecular flexibility index (Phi) is 6.16. The number of hydrogen-bond acceptors (Lipinski definition) is 6. The maximum Gasteiger partial charge on any atom is 0.126 e. The van der Waals surface area contributed by atoms with Gasteiger partial charge in [-0.15, -0.1) is 0 Å². The van der Waals surface area contributed by atoms with Gasteiger partial charge in [0.1, 0.15) is 36.3 Å². The molecule has 0 aromatic heterocycles. The average molecular weight is 440 g/mol. The van der Waals surface area contributed by atoms with E-state index in [1.165, 1.54) is 24.3 Å². The maximum absolute atomic E-state index is 10.6. The van der Waals surface area contributed by atoms with E-state index in [2.05, 4.69) is 0 Å². The molecule has 0 spiro atoms. The van der Waals surface area contributed by atoms with Gasteiger partial charge in [-0.3, -0.25) is 0 Å². The van der Waals surface area contributed by atoms with Crippen LogP contribution in [0.3, 0.4) is 0 Å². The van der Waals surface area contributed by atoms with E-state index < -0.39 is 42.3 Å². The SMILES string of the molecule is [B]C([B])(c1ccc2c(c1)CC2)c1cc([C@@H]2O[C@H](CO)[C@@H](O)[C@H](O)[C@H]2O)c(OC)cc1Cl. The molecular weight excluding hydrogens is 417 g/mol. The van der Waals surface area contributed by atoms with Crippen LogP contribution in [0.1, 0.15) is 33.9 Å². The van der Waals surface area contributed by atoms with Crippen molar-refractivity contribution in [3.05, 3.63) is 63.2 Å². The van der Waals surface area contributed by atoms with Gasteiger partial charge in [0, 0.05) is 10.6 Å². The summed E-state index contributed by atoms with van der Waals surface area (Å²) in [5.41, 5.74) is 3.85. The maximum atomic E-state index is 10.6. The van der Waals surface area contributed by atoms with Crippen LogP contribution in [-0.2, 0) is 22.8 Å². The minimum absolute atomic E-state index is 0.262. The molecule has 1 aliphatic carbocycles. The standard InChI is InChI=1S/C22H23B2ClO6/c1-30-16-8-15(25)14(22(23,24)12-5-4-10-2-3-11(10)6-12)7-13(16)21-20(29)19(28)18(27)17(9-26)31-21/h4-8,17-21,26-29H,2-3,9H2,1H3/t17-,18-,19+,20-,21+/m1/s1. The highest BCUT2D eigenvalue weighted by Gasteiger charge is 2.45. The summed E-state index contributed by atoms with van der Waals surface area (Å²) in [6.07, 6.45) is -4.68. The van der Waals surface area contributed by atoms with Gasteiger partial charge in [0.2, 0.25) is 0 Å². The lowest BCUT2D eigenvalue weighted by Gasteiger charge is -2.41. The third-order valence-electron chi connectivity index (χ3n) is 6.31. The number of methoxy groups -OCH3 is 1. The van der Waals surface area contributed by atoms with Gasteiger partial charge in [-0.25, -0.2) is 0 Å². The number of ether oxygens (including phenoxy) is 2. The Hall–Kier alpha value is -1.54. The van der Waals surface area contributed by atoms with E-state index in [0.717, 1.165) is 12.8 Å². The number of fused-ring (bicyclic) bond motifs is 1. The molecule has 4 radical (unpaired) electrons. The molecule has 2 aromatic carbocycles. The fourth-order valence-electron chi connectivity index (χ4n) is 4.25. The second kappa shape index (κ2) is 8.43. The van der Waals surface area contributed by atoms with Crippen molar-refractivity contribution in [2.45, 2.75) is 48.6 Å². The molecule has 1 heterocycles. The van der Waals surface area contributed by atoms with Gasteiger partial charge in [-0.2, -0.15) is 0 Å². The normalized spacial score (nSPS) is 28.0. The first-order valence-corrected chi connectivity index (χ1v) is 10.4. The van der Waals surface area contributed by atoms with E-state index in [1.54, 1.807) is 6.07 Å². The number of hydrogen-bond donors (Lipinski definition) is 4. The molecule has 2 aliphatic rings. The molecule has 4 N–H and O–H groups in total. The summed E-state index contributed by atoms with van der Waals surface area (Å²) in [6, 6.07) is 8.92. The fraction of sp³-hybridized carbons (Fsp3) is 0.455. The Labute approximate surface area is 188 Å². The molecule has 0 unspecified atom stereocenters. The number of rotatable bonds is 5. The highest BCUT2D eigenvalue weighted by molar-refractivity contribution is 6.44. The van der Waals surface area contributed by atoms with Crippen molar-refractivity contribution in [3.63, 3.8) is 0 Å². The van der Waals surface area contributed by atoms with E-state index in [0.29, 0.717) is 16.7 Å². The number of aliphatic hydroxyl groups is 4. The average Bonchev–Trinajstić information content (AvgIpc) is 2.73. The highest BCUT2D eigenvalue weighted by Crippen LogP contribution is 2.43. The van der Waals surface area contributed by atoms with Crippen molar-refractivity contribution in [2.75, 3.05) is 13.7 Å². The Balaban J connectivity index is 1.79. The largest absolute Gasteiger partial charge is 0.496 e. The van der Waals surface area contributed by atoms with Crippen LogP contribution in [0, 0.1) is 0 Å². The molecule has 160 valence electrons. The van der Waals surface area contributed by atoms with Crippen molar-refractivity contribution in [1.29, 1.82) is 0 Å². The van der Waals surface area contributed by atoms with Gasteiger partial charge < -0.3 is 29.9 Å². The van der Waals surface area contributed by atoms with E-state index in [1.807, 2.05) is 18.2 Å². The first kappa shape index (κ1) is 22.6. The van der Waals surface area contributed by atoms with Crippen molar-refractivity contribution < 1.29 is 29.9 Å². The Morgan fingerprint density at radius 1 is 1.06 bits per heavy atom. The van der Waals surface area contributed by atoms with Gasteiger partial charge in [-0.1, -0.05) is 40.6 Å². The molecule has 1 saturated heterocycles. The number of aliphatic hydroxyl groups excluding tert-OH is 4. The molecular formula is C22H23B2ClO6. The number of benzene rings is 2. The Morgan fingerprint density at radius 2 is 1.77 bits per heavy atom. The lowest BCUT2D eigenvalue weighted by atomic mass is 9.47. The third-order valence-corrected chi connectivity index (χ3v) is 6.62. The molecule has 0 amide bonds. The zero-order valence-corrected chi connectivity index (χ0v) is 17.8. The molecule has 2 aromatic rings. The fourth-order valence-corrected chi connectivity index (χ4v) is 4.56. The summed E-state index contributed by atoms with van der Waals surface area (Å²) in [4.78, 5) is 0. The molecule has 4 rings (SSSR count). The highest BCUT2D eigenvalue weighted by atomic mass is 35.5. The van der Waals surface area contributed by atoms with Crippen LogP contribution < -0.4 is 4.74 Å². The van der Waals surface area contributed by atoms with Crippen LogP contribution in [0.25, 0.3) is 0 Å². The van der Waals surface area contributed by atoms with E-state index in [-0.39, 0.29) is 10.8 Å². The van der Waals surface area contributed by atoms with Gasteiger partial charge >= 0.3 is 0 Å². The van der Waals surface area contributed by atoms with Crippen LogP contribution >= 0.6 is 11.6 Å². The molecule has 5 atom stereocenters. The molecule has 1 fully saturated rings. The van der Waals surface area contributed by atoms with Crippen LogP contribution in [-0.4, -0.2) is 74.3 Å². The van der Waals surface area contributed by atoms with Gasteiger partial charge in [-0.05, 0) is 41.7 Å². The van der Waals surface area contributed by atoms with E-state index >= 15 is 0 Å². The summed E-state index contributed by atoms with van der Waals surface area (Å²) in [5, 5.41) is 39.2. The summed E-state index contributed by atoms with van der Waals surface area (Å²) in [6.45, 7) is -0.545. The number of halogens is 1. The Bertz CT molecular complexity index is 983. The Morgan fingerprint density at radius 3 is 2.35 bits per heavy atom.